The number of carbonyl (C=O) groups excluding carboxylic acids is 2. The van der Waals surface area contributed by atoms with E-state index in [1.165, 1.54) is 231 Å². The number of rotatable bonds is 56. The predicted molar refractivity (Wildman–Crippen MR) is 282 cm³/mol. The second-order valence-electron chi connectivity index (χ2n) is 20.2. The number of carboxylic acid groups (broad SMARTS) is 1. The second-order valence-corrected chi connectivity index (χ2v) is 21.7. The topological polar surface area (TPSA) is 169 Å². The zero-order valence-corrected chi connectivity index (χ0v) is 45.3. The number of ether oxygens (including phenoxy) is 1. The molecule has 0 saturated heterocycles. The number of phosphoric ester groups is 1. The maximum absolute atomic E-state index is 12.4. The van der Waals surface area contributed by atoms with Crippen LogP contribution in [0.5, 0.6) is 0 Å². The number of aliphatic carboxylic acids is 1. The first kappa shape index (κ1) is 66.5. The fraction of sp³-hybridized carbons (Fsp3) is 0.946. The van der Waals surface area contributed by atoms with Crippen LogP contribution in [0.15, 0.2) is 0 Å². The number of aliphatic hydroxyl groups is 1. The Morgan fingerprint density at radius 1 is 0.412 bits per heavy atom. The predicted octanol–water partition coefficient (Wildman–Crippen LogP) is 16.6. The summed E-state index contributed by atoms with van der Waals surface area (Å²) >= 11 is 0. The van der Waals surface area contributed by atoms with Crippen LogP contribution in [0.25, 0.3) is 0 Å². The van der Waals surface area contributed by atoms with Gasteiger partial charge >= 0.3 is 19.8 Å². The van der Waals surface area contributed by atoms with Crippen LogP contribution < -0.4 is 5.32 Å². The van der Waals surface area contributed by atoms with E-state index in [0.29, 0.717) is 12.8 Å². The molecule has 0 heterocycles. The van der Waals surface area contributed by atoms with Gasteiger partial charge in [-0.25, -0.2) is 9.36 Å². The van der Waals surface area contributed by atoms with Crippen molar-refractivity contribution in [2.24, 2.45) is 0 Å². The first-order valence-corrected chi connectivity index (χ1v) is 30.6. The molecule has 4 N–H and O–H groups in total. The summed E-state index contributed by atoms with van der Waals surface area (Å²) in [6, 6.07) is -1.54. The van der Waals surface area contributed by atoms with E-state index in [0.717, 1.165) is 38.5 Å². The van der Waals surface area contributed by atoms with Crippen molar-refractivity contribution in [2.45, 2.75) is 321 Å². The number of amides is 1. The Kier molecular flexibility index (Phi) is 50.7. The van der Waals surface area contributed by atoms with Crippen molar-refractivity contribution in [1.29, 1.82) is 0 Å². The summed E-state index contributed by atoms with van der Waals surface area (Å²) in [6.45, 7) is 2.68. The van der Waals surface area contributed by atoms with E-state index in [2.05, 4.69) is 19.2 Å². The van der Waals surface area contributed by atoms with Gasteiger partial charge in [-0.2, -0.15) is 0 Å². The molecule has 0 spiro atoms. The van der Waals surface area contributed by atoms with E-state index < -0.39 is 57.6 Å². The molecule has 11 nitrogen and oxygen atoms in total. The molecule has 0 aromatic heterocycles. The van der Waals surface area contributed by atoms with Gasteiger partial charge in [0.05, 0.1) is 13.2 Å². The van der Waals surface area contributed by atoms with Gasteiger partial charge in [-0.1, -0.05) is 284 Å². The second kappa shape index (κ2) is 51.8. The van der Waals surface area contributed by atoms with Crippen molar-refractivity contribution in [1.82, 2.24) is 5.32 Å². The molecule has 0 aliphatic rings. The molecule has 68 heavy (non-hydrogen) atoms. The van der Waals surface area contributed by atoms with Crippen LogP contribution >= 0.6 is 7.82 Å². The highest BCUT2D eigenvalue weighted by Crippen LogP contribution is 2.43. The Hall–Kier alpha value is -1.52. The zero-order chi connectivity index (χ0) is 49.9. The van der Waals surface area contributed by atoms with Gasteiger partial charge in [-0.15, -0.1) is 0 Å². The third kappa shape index (κ3) is 50.9. The number of nitrogens with one attached hydrogen (secondary N) is 1. The van der Waals surface area contributed by atoms with Gasteiger partial charge in [0.15, 0.2) is 6.04 Å². The Morgan fingerprint density at radius 2 is 0.676 bits per heavy atom. The minimum absolute atomic E-state index is 0.153. The van der Waals surface area contributed by atoms with E-state index in [-0.39, 0.29) is 12.8 Å². The van der Waals surface area contributed by atoms with Crippen molar-refractivity contribution in [3.8, 4) is 0 Å². The van der Waals surface area contributed by atoms with Crippen LogP contribution in [-0.2, 0) is 32.7 Å². The van der Waals surface area contributed by atoms with E-state index in [1.807, 2.05) is 0 Å². The summed E-state index contributed by atoms with van der Waals surface area (Å²) < 4.78 is 27.0. The number of phosphoric acid groups is 1. The molecule has 0 fully saturated rings. The van der Waals surface area contributed by atoms with E-state index >= 15 is 0 Å². The minimum Gasteiger partial charge on any atom is -0.480 e. The number of hydrogen-bond acceptors (Lipinski definition) is 8. The quantitative estimate of drug-likeness (QED) is 0.0261. The third-order valence-electron chi connectivity index (χ3n) is 13.4. The molecule has 0 rings (SSSR count). The maximum atomic E-state index is 12.4. The first-order chi connectivity index (χ1) is 33.1. The van der Waals surface area contributed by atoms with Crippen LogP contribution in [0.3, 0.4) is 0 Å². The molecule has 0 aliphatic heterocycles. The number of carbonyl (C=O) groups is 3. The zero-order valence-electron chi connectivity index (χ0n) is 44.4. The molecule has 12 heteroatoms. The molecule has 0 saturated carbocycles. The smallest absolute Gasteiger partial charge is 0.472 e. The lowest BCUT2D eigenvalue weighted by Gasteiger charge is -2.18. The Morgan fingerprint density at radius 3 is 0.971 bits per heavy atom. The van der Waals surface area contributed by atoms with E-state index in [4.69, 9.17) is 13.8 Å². The van der Waals surface area contributed by atoms with Crippen LogP contribution in [0.1, 0.15) is 309 Å². The largest absolute Gasteiger partial charge is 0.480 e. The van der Waals surface area contributed by atoms with Crippen molar-refractivity contribution < 1.29 is 47.8 Å². The summed E-state index contributed by atoms with van der Waals surface area (Å²) in [5.74, 6) is -2.34. The molecule has 0 aromatic rings. The molecule has 3 unspecified atom stereocenters. The summed E-state index contributed by atoms with van der Waals surface area (Å²) in [5, 5.41) is 22.0. The van der Waals surface area contributed by atoms with E-state index in [9.17, 15) is 34.1 Å². The monoisotopic (exact) mass is 988 g/mol. The van der Waals surface area contributed by atoms with Crippen LogP contribution in [0.4, 0.5) is 0 Å². The molecule has 0 radical (unpaired) electrons. The highest BCUT2D eigenvalue weighted by molar-refractivity contribution is 7.47. The van der Waals surface area contributed by atoms with E-state index in [1.54, 1.807) is 0 Å². The van der Waals surface area contributed by atoms with Gasteiger partial charge in [0, 0.05) is 12.8 Å². The first-order valence-electron chi connectivity index (χ1n) is 29.1. The Balaban J connectivity index is 3.71. The normalized spacial score (nSPS) is 13.4. The van der Waals surface area contributed by atoms with Crippen molar-refractivity contribution >= 4 is 25.7 Å². The van der Waals surface area contributed by atoms with Crippen molar-refractivity contribution in [2.75, 3.05) is 19.8 Å². The molecular weight excluding hydrogens is 878 g/mol. The van der Waals surface area contributed by atoms with Crippen molar-refractivity contribution in [3.05, 3.63) is 0 Å². The number of carboxylic acids is 1. The molecule has 0 aliphatic carbocycles. The van der Waals surface area contributed by atoms with Gasteiger partial charge in [-0.3, -0.25) is 18.6 Å². The van der Waals surface area contributed by atoms with Gasteiger partial charge in [0.25, 0.3) is 0 Å². The highest BCUT2D eigenvalue weighted by Gasteiger charge is 2.28. The summed E-state index contributed by atoms with van der Waals surface area (Å²) in [5.41, 5.74) is 0. The standard InChI is InChI=1S/C56H110NO10P/c1-3-5-7-9-11-13-15-17-19-21-23-25-26-27-28-30-32-34-36-38-40-42-44-46-48-55(60)65-49-52(58)50-66-68(63,64)67-51-53(56(61)62)57-54(59)47-45-43-41-39-37-35-33-31-29-24-22-20-18-16-14-12-10-8-6-4-2/h52-53,58H,3-51H2,1-2H3,(H,57,59)(H,61,62)(H,63,64). The lowest BCUT2D eigenvalue weighted by atomic mass is 10.0. The van der Waals surface area contributed by atoms with Crippen molar-refractivity contribution in [3.63, 3.8) is 0 Å². The summed E-state index contributed by atoms with van der Waals surface area (Å²) in [4.78, 5) is 46.2. The lowest BCUT2D eigenvalue weighted by molar-refractivity contribution is -0.147. The average molecular weight is 988 g/mol. The van der Waals surface area contributed by atoms with Crippen LogP contribution in [-0.4, -0.2) is 64.9 Å². The van der Waals surface area contributed by atoms with Crippen LogP contribution in [0, 0.1) is 0 Å². The summed E-state index contributed by atoms with van der Waals surface area (Å²) in [6.07, 6.45) is 55.7. The minimum atomic E-state index is -4.76. The van der Waals surface area contributed by atoms with Gasteiger partial charge in [-0.05, 0) is 12.8 Å². The molecule has 1 amide bonds. The number of aliphatic hydroxyl groups excluding tert-OH is 1. The molecule has 0 aromatic carbocycles. The van der Waals surface area contributed by atoms with Crippen LogP contribution in [0.2, 0.25) is 0 Å². The molecular formula is C56H110NO10P. The highest BCUT2D eigenvalue weighted by atomic mass is 31.2. The van der Waals surface area contributed by atoms with Gasteiger partial charge in [0.2, 0.25) is 5.91 Å². The SMILES string of the molecule is CCCCCCCCCCCCCCCCCCCCCCCCCCC(=O)OCC(O)COP(=O)(O)OCC(NC(=O)CCCCCCCCCCCCCCCCCCCCCC)C(=O)O. The van der Waals surface area contributed by atoms with Gasteiger partial charge < -0.3 is 25.2 Å². The number of esters is 1. The maximum Gasteiger partial charge on any atom is 0.472 e. The Bertz CT molecular complexity index is 1160. The number of unbranched alkanes of at least 4 members (excludes halogenated alkanes) is 42. The van der Waals surface area contributed by atoms with Gasteiger partial charge in [0.1, 0.15) is 12.7 Å². The molecule has 404 valence electrons. The average Bonchev–Trinajstić information content (AvgIpc) is 3.32. The fourth-order valence-electron chi connectivity index (χ4n) is 8.91. The number of hydrogen-bond donors (Lipinski definition) is 4. The Labute approximate surface area is 418 Å². The third-order valence-corrected chi connectivity index (χ3v) is 14.3. The molecule has 3 atom stereocenters. The lowest BCUT2D eigenvalue weighted by Crippen LogP contribution is -2.43. The summed E-state index contributed by atoms with van der Waals surface area (Å²) in [7, 11) is -4.76. The fourth-order valence-corrected chi connectivity index (χ4v) is 9.68. The molecule has 0 bridgehead atoms.